The summed E-state index contributed by atoms with van der Waals surface area (Å²) in [5, 5.41) is 0.554. The average molecular weight is 304 g/mol. The van der Waals surface area contributed by atoms with Gasteiger partial charge >= 0.3 is 0 Å². The molecular formula is C12H20N2O3S2. The third kappa shape index (κ3) is 3.27. The molecule has 2 N–H and O–H groups in total. The maximum atomic E-state index is 11.9. The normalized spacial score (nSPS) is 11.6. The number of hydrogen-bond donors (Lipinski definition) is 1. The molecule has 1 rings (SSSR count). The molecule has 0 fully saturated rings. The second-order valence-electron chi connectivity index (χ2n) is 4.45. The van der Waals surface area contributed by atoms with Gasteiger partial charge in [0.05, 0.1) is 10.6 Å². The molecule has 1 aromatic heterocycles. The van der Waals surface area contributed by atoms with Crippen molar-refractivity contribution in [2.75, 3.05) is 30.5 Å². The lowest BCUT2D eigenvalue weighted by Crippen LogP contribution is -2.19. The Morgan fingerprint density at radius 1 is 1.37 bits per heavy atom. The Labute approximate surface area is 118 Å². The van der Waals surface area contributed by atoms with Crippen LogP contribution < -0.4 is 10.6 Å². The number of hydrogen-bond acceptors (Lipinski definition) is 6. The van der Waals surface area contributed by atoms with Crippen LogP contribution in [0.3, 0.4) is 0 Å². The van der Waals surface area contributed by atoms with Crippen LogP contribution in [0.5, 0.6) is 0 Å². The van der Waals surface area contributed by atoms with Crippen LogP contribution in [0.2, 0.25) is 0 Å². The monoisotopic (exact) mass is 304 g/mol. The van der Waals surface area contributed by atoms with E-state index >= 15 is 0 Å². The molecule has 0 aromatic carbocycles. The first-order valence-corrected chi connectivity index (χ1v) is 8.81. The van der Waals surface area contributed by atoms with Crippen molar-refractivity contribution in [1.29, 1.82) is 0 Å². The van der Waals surface area contributed by atoms with Crippen molar-refractivity contribution in [3.05, 3.63) is 4.88 Å². The van der Waals surface area contributed by atoms with Crippen molar-refractivity contribution in [3.8, 4) is 0 Å². The van der Waals surface area contributed by atoms with Gasteiger partial charge in [-0.2, -0.15) is 0 Å². The second kappa shape index (κ2) is 5.92. The molecule has 0 amide bonds. The predicted octanol–water partition coefficient (Wildman–Crippen LogP) is 2.17. The van der Waals surface area contributed by atoms with E-state index < -0.39 is 9.84 Å². The van der Waals surface area contributed by atoms with Crippen molar-refractivity contribution in [3.63, 3.8) is 0 Å². The van der Waals surface area contributed by atoms with Crippen molar-refractivity contribution < 1.29 is 13.2 Å². The molecule has 0 aliphatic rings. The molecule has 0 radical (unpaired) electrons. The molecule has 0 aliphatic heterocycles. The molecule has 0 unspecified atom stereocenters. The number of anilines is 2. The molecule has 1 aromatic rings. The van der Waals surface area contributed by atoms with Gasteiger partial charge in [0.2, 0.25) is 0 Å². The minimum Gasteiger partial charge on any atom is -0.396 e. The maximum Gasteiger partial charge on any atom is 0.180 e. The largest absolute Gasteiger partial charge is 0.396 e. The van der Waals surface area contributed by atoms with E-state index in [4.69, 9.17) is 5.73 Å². The zero-order chi connectivity index (χ0) is 14.8. The van der Waals surface area contributed by atoms with Crippen LogP contribution in [-0.4, -0.2) is 34.0 Å². The summed E-state index contributed by atoms with van der Waals surface area (Å²) in [5.74, 6) is -0.122. The lowest BCUT2D eigenvalue weighted by atomic mass is 10.2. The van der Waals surface area contributed by atoms with E-state index in [0.717, 1.165) is 12.7 Å². The van der Waals surface area contributed by atoms with Gasteiger partial charge in [-0.05, 0) is 6.42 Å². The summed E-state index contributed by atoms with van der Waals surface area (Å²) in [6, 6.07) is 0. The minimum atomic E-state index is -3.46. The number of carbonyl (C=O) groups excluding carboxylic acids is 1. The fraction of sp³-hybridized carbons (Fsp3) is 0.583. The van der Waals surface area contributed by atoms with Crippen molar-refractivity contribution in [2.24, 2.45) is 0 Å². The van der Waals surface area contributed by atoms with Gasteiger partial charge in [-0.25, -0.2) is 8.42 Å². The highest BCUT2D eigenvalue weighted by molar-refractivity contribution is 7.91. The standard InChI is InChI=1S/C12H20N2O3S2/c1-5-7-14(3)12-11(19(4,16)17)9(13)10(18-12)8(15)6-2/h5-7,13H2,1-4H3. The highest BCUT2D eigenvalue weighted by Gasteiger charge is 2.27. The molecule has 0 aliphatic carbocycles. The first-order chi connectivity index (χ1) is 8.73. The smallest absolute Gasteiger partial charge is 0.180 e. The molecule has 7 heteroatoms. The number of carbonyl (C=O) groups is 1. The Morgan fingerprint density at radius 3 is 2.37 bits per heavy atom. The number of nitrogen functional groups attached to an aromatic ring is 1. The molecule has 0 atom stereocenters. The van der Waals surface area contributed by atoms with Crippen LogP contribution in [0.25, 0.3) is 0 Å². The first-order valence-electron chi connectivity index (χ1n) is 6.10. The quantitative estimate of drug-likeness (QED) is 0.815. The van der Waals surface area contributed by atoms with E-state index in [1.165, 1.54) is 11.3 Å². The van der Waals surface area contributed by atoms with Gasteiger partial charge in [-0.15, -0.1) is 11.3 Å². The van der Waals surface area contributed by atoms with Gasteiger partial charge in [-0.3, -0.25) is 4.79 Å². The van der Waals surface area contributed by atoms with Crippen LogP contribution in [0, 0.1) is 0 Å². The summed E-state index contributed by atoms with van der Waals surface area (Å²) >= 11 is 1.17. The van der Waals surface area contributed by atoms with E-state index in [2.05, 4.69) is 0 Å². The third-order valence-electron chi connectivity index (χ3n) is 2.73. The van der Waals surface area contributed by atoms with Gasteiger partial charge in [0, 0.05) is 26.3 Å². The van der Waals surface area contributed by atoms with Gasteiger partial charge in [-0.1, -0.05) is 13.8 Å². The number of Topliss-reactive ketones (excluding diaryl/α,β-unsaturated/α-hetero) is 1. The lowest BCUT2D eigenvalue weighted by molar-refractivity contribution is 0.0992. The maximum absolute atomic E-state index is 11.9. The Kier molecular flexibility index (Phi) is 4.98. The van der Waals surface area contributed by atoms with Gasteiger partial charge in [0.1, 0.15) is 9.90 Å². The zero-order valence-electron chi connectivity index (χ0n) is 11.7. The topological polar surface area (TPSA) is 80.5 Å². The van der Waals surface area contributed by atoms with E-state index in [-0.39, 0.29) is 16.4 Å². The summed E-state index contributed by atoms with van der Waals surface area (Å²) in [7, 11) is -1.65. The number of sulfone groups is 1. The van der Waals surface area contributed by atoms with Gasteiger partial charge in [0.25, 0.3) is 0 Å². The summed E-state index contributed by atoms with van der Waals surface area (Å²) in [6.45, 7) is 4.45. The molecule has 0 spiro atoms. The highest BCUT2D eigenvalue weighted by Crippen LogP contribution is 2.41. The SMILES string of the molecule is CCCN(C)c1sc(C(=O)CC)c(N)c1S(C)(=O)=O. The van der Waals surface area contributed by atoms with Crippen LogP contribution in [0.1, 0.15) is 36.4 Å². The molecule has 0 saturated carbocycles. The summed E-state index contributed by atoms with van der Waals surface area (Å²) in [4.78, 5) is 14.1. The number of ketones is 1. The average Bonchev–Trinajstić information content (AvgIpc) is 2.66. The molecule has 0 saturated heterocycles. The Balaban J connectivity index is 3.49. The van der Waals surface area contributed by atoms with Crippen molar-refractivity contribution in [1.82, 2.24) is 0 Å². The molecule has 5 nitrogen and oxygen atoms in total. The predicted molar refractivity (Wildman–Crippen MR) is 80.0 cm³/mol. The molecule has 0 bridgehead atoms. The zero-order valence-corrected chi connectivity index (χ0v) is 13.3. The highest BCUT2D eigenvalue weighted by atomic mass is 32.2. The fourth-order valence-corrected chi connectivity index (χ4v) is 4.56. The Hall–Kier alpha value is -1.08. The van der Waals surface area contributed by atoms with Crippen molar-refractivity contribution in [2.45, 2.75) is 31.6 Å². The molecule has 108 valence electrons. The van der Waals surface area contributed by atoms with E-state index in [1.807, 2.05) is 18.9 Å². The van der Waals surface area contributed by atoms with E-state index in [1.54, 1.807) is 6.92 Å². The van der Waals surface area contributed by atoms with Gasteiger partial charge < -0.3 is 10.6 Å². The van der Waals surface area contributed by atoms with E-state index in [9.17, 15) is 13.2 Å². The van der Waals surface area contributed by atoms with Crippen molar-refractivity contribution >= 4 is 37.6 Å². The van der Waals surface area contributed by atoms with Gasteiger partial charge in [0.15, 0.2) is 15.6 Å². The minimum absolute atomic E-state index is 0.0882. The molecular weight excluding hydrogens is 284 g/mol. The summed E-state index contributed by atoms with van der Waals surface area (Å²) < 4.78 is 23.8. The molecule has 1 heterocycles. The van der Waals surface area contributed by atoms with Crippen LogP contribution in [-0.2, 0) is 9.84 Å². The Morgan fingerprint density at radius 2 is 1.95 bits per heavy atom. The fourth-order valence-electron chi connectivity index (χ4n) is 1.83. The number of nitrogens with zero attached hydrogens (tertiary/aromatic N) is 1. The van der Waals surface area contributed by atoms with Crippen LogP contribution >= 0.6 is 11.3 Å². The lowest BCUT2D eigenvalue weighted by Gasteiger charge is -2.17. The van der Waals surface area contributed by atoms with E-state index in [0.29, 0.717) is 22.8 Å². The second-order valence-corrected chi connectivity index (χ2v) is 7.40. The van der Waals surface area contributed by atoms with Crippen LogP contribution in [0.15, 0.2) is 4.90 Å². The number of thiophene rings is 1. The van der Waals surface area contributed by atoms with Crippen LogP contribution in [0.4, 0.5) is 10.7 Å². The number of nitrogens with two attached hydrogens (primary N) is 1. The molecule has 19 heavy (non-hydrogen) atoms. The summed E-state index contributed by atoms with van der Waals surface area (Å²) in [6.07, 6.45) is 2.31. The first kappa shape index (κ1) is 16.0. The summed E-state index contributed by atoms with van der Waals surface area (Å²) in [5.41, 5.74) is 5.98. The Bertz CT molecular complexity index is 576. The number of rotatable bonds is 6. The third-order valence-corrected chi connectivity index (χ3v) is 5.38.